The largest absolute Gasteiger partial charge is 0.391 e. The molecule has 0 amide bonds. The molecule has 102 valence electrons. The number of aromatic nitrogens is 1. The monoisotopic (exact) mass is 260 g/mol. The van der Waals surface area contributed by atoms with Crippen molar-refractivity contribution in [2.24, 2.45) is 0 Å². The number of hydrogen-bond donors (Lipinski definition) is 1. The predicted molar refractivity (Wildman–Crippen MR) is 74.0 cm³/mol. The molecule has 2 atom stereocenters. The molecule has 5 heteroatoms. The van der Waals surface area contributed by atoms with Gasteiger partial charge in [-0.2, -0.15) is 5.26 Å². The van der Waals surface area contributed by atoms with Crippen molar-refractivity contribution >= 4 is 5.82 Å². The number of aliphatic hydroxyl groups excluding tert-OH is 1. The number of aryl methyl sites for hydroxylation is 1. The van der Waals surface area contributed by atoms with Crippen LogP contribution in [-0.2, 0) is 0 Å². The molecule has 0 aliphatic carbocycles. The van der Waals surface area contributed by atoms with Crippen LogP contribution in [0.2, 0.25) is 0 Å². The van der Waals surface area contributed by atoms with Gasteiger partial charge in [0.15, 0.2) is 0 Å². The molecule has 5 nitrogen and oxygen atoms in total. The molecule has 1 aliphatic rings. The maximum absolute atomic E-state index is 9.91. The number of pyridine rings is 1. The van der Waals surface area contributed by atoms with Crippen molar-refractivity contribution in [3.63, 3.8) is 0 Å². The summed E-state index contributed by atoms with van der Waals surface area (Å²) in [5, 5.41) is 19.1. The summed E-state index contributed by atoms with van der Waals surface area (Å²) < 4.78 is 0. The number of β-amino-alcohol motifs (C(OH)–C–C–N with tert-alkyl or cyclic N) is 1. The Morgan fingerprint density at radius 2 is 2.26 bits per heavy atom. The Morgan fingerprint density at radius 1 is 1.53 bits per heavy atom. The number of rotatable bonds is 3. The average molecular weight is 260 g/mol. The standard InChI is InChI=1S/C14H20N4O/c1-10-4-5-11(7-15)14(16-10)18-9-13(19)6-12(18)8-17(2)3/h4-5,12-13,19H,6,8-9H2,1-3H3. The Hall–Kier alpha value is -1.64. The first-order valence-electron chi connectivity index (χ1n) is 6.48. The van der Waals surface area contributed by atoms with Crippen molar-refractivity contribution in [2.45, 2.75) is 25.5 Å². The molecule has 0 radical (unpaired) electrons. The smallest absolute Gasteiger partial charge is 0.147 e. The highest BCUT2D eigenvalue weighted by molar-refractivity contribution is 5.56. The van der Waals surface area contributed by atoms with Gasteiger partial charge in [-0.25, -0.2) is 4.98 Å². The van der Waals surface area contributed by atoms with Gasteiger partial charge in [0, 0.05) is 24.8 Å². The van der Waals surface area contributed by atoms with Crippen molar-refractivity contribution in [1.29, 1.82) is 5.26 Å². The van der Waals surface area contributed by atoms with Crippen LogP contribution in [0.3, 0.4) is 0 Å². The summed E-state index contributed by atoms with van der Waals surface area (Å²) >= 11 is 0. The molecule has 0 spiro atoms. The predicted octanol–water partition coefficient (Wildman–Crippen LogP) is 0.763. The molecule has 1 aromatic rings. The highest BCUT2D eigenvalue weighted by Gasteiger charge is 2.33. The number of likely N-dealkylation sites (N-methyl/N-ethyl adjacent to an activating group) is 1. The molecular formula is C14H20N4O. The summed E-state index contributed by atoms with van der Waals surface area (Å²) in [7, 11) is 4.02. The summed E-state index contributed by atoms with van der Waals surface area (Å²) in [6.45, 7) is 3.30. The normalized spacial score (nSPS) is 22.8. The molecule has 1 saturated heterocycles. The van der Waals surface area contributed by atoms with Gasteiger partial charge in [0.1, 0.15) is 11.9 Å². The lowest BCUT2D eigenvalue weighted by molar-refractivity contribution is 0.191. The van der Waals surface area contributed by atoms with Gasteiger partial charge in [-0.3, -0.25) is 0 Å². The number of nitriles is 1. The summed E-state index contributed by atoms with van der Waals surface area (Å²) in [6.07, 6.45) is 0.373. The Bertz CT molecular complexity index is 495. The maximum Gasteiger partial charge on any atom is 0.147 e. The third-order valence-electron chi connectivity index (χ3n) is 3.38. The van der Waals surface area contributed by atoms with E-state index >= 15 is 0 Å². The highest BCUT2D eigenvalue weighted by Crippen LogP contribution is 2.27. The van der Waals surface area contributed by atoms with E-state index in [-0.39, 0.29) is 12.1 Å². The second-order valence-corrected chi connectivity index (χ2v) is 5.39. The van der Waals surface area contributed by atoms with Gasteiger partial charge in [-0.15, -0.1) is 0 Å². The molecule has 0 bridgehead atoms. The fraction of sp³-hybridized carbons (Fsp3) is 0.571. The first-order chi connectivity index (χ1) is 9.01. The summed E-state index contributed by atoms with van der Waals surface area (Å²) in [6, 6.07) is 6.03. The lowest BCUT2D eigenvalue weighted by Crippen LogP contribution is -2.38. The number of aliphatic hydroxyl groups is 1. The third-order valence-corrected chi connectivity index (χ3v) is 3.38. The minimum Gasteiger partial charge on any atom is -0.391 e. The average Bonchev–Trinajstić information content (AvgIpc) is 2.69. The Kier molecular flexibility index (Phi) is 4.03. The minimum absolute atomic E-state index is 0.200. The quantitative estimate of drug-likeness (QED) is 0.869. The summed E-state index contributed by atoms with van der Waals surface area (Å²) in [5.41, 5.74) is 1.46. The molecule has 0 saturated carbocycles. The number of anilines is 1. The topological polar surface area (TPSA) is 63.4 Å². The van der Waals surface area contributed by atoms with Crippen LogP contribution in [0.1, 0.15) is 17.7 Å². The fourth-order valence-electron chi connectivity index (χ4n) is 2.60. The molecule has 19 heavy (non-hydrogen) atoms. The second-order valence-electron chi connectivity index (χ2n) is 5.39. The van der Waals surface area contributed by atoms with Crippen LogP contribution in [0.5, 0.6) is 0 Å². The van der Waals surface area contributed by atoms with E-state index < -0.39 is 0 Å². The first-order valence-corrected chi connectivity index (χ1v) is 6.48. The van der Waals surface area contributed by atoms with E-state index in [0.29, 0.717) is 17.9 Å². The van der Waals surface area contributed by atoms with Crippen molar-refractivity contribution in [2.75, 3.05) is 32.1 Å². The van der Waals surface area contributed by atoms with Gasteiger partial charge in [0.05, 0.1) is 11.7 Å². The first kappa shape index (κ1) is 13.8. The van der Waals surface area contributed by atoms with E-state index in [4.69, 9.17) is 0 Å². The third kappa shape index (κ3) is 3.03. The highest BCUT2D eigenvalue weighted by atomic mass is 16.3. The molecule has 1 aromatic heterocycles. The Morgan fingerprint density at radius 3 is 2.89 bits per heavy atom. The van der Waals surface area contributed by atoms with E-state index in [2.05, 4.69) is 20.9 Å². The van der Waals surface area contributed by atoms with Gasteiger partial charge < -0.3 is 14.9 Å². The van der Waals surface area contributed by atoms with Crippen molar-refractivity contribution < 1.29 is 5.11 Å². The van der Waals surface area contributed by atoms with Crippen LogP contribution in [-0.4, -0.2) is 54.3 Å². The lowest BCUT2D eigenvalue weighted by Gasteiger charge is -2.28. The van der Waals surface area contributed by atoms with E-state index in [1.54, 1.807) is 6.07 Å². The van der Waals surface area contributed by atoms with E-state index in [0.717, 1.165) is 18.7 Å². The summed E-state index contributed by atoms with van der Waals surface area (Å²) in [5.74, 6) is 0.700. The minimum atomic E-state index is -0.348. The van der Waals surface area contributed by atoms with Gasteiger partial charge >= 0.3 is 0 Å². The fourth-order valence-corrected chi connectivity index (χ4v) is 2.60. The lowest BCUT2D eigenvalue weighted by atomic mass is 10.1. The molecular weight excluding hydrogens is 240 g/mol. The van der Waals surface area contributed by atoms with Crippen LogP contribution in [0.25, 0.3) is 0 Å². The van der Waals surface area contributed by atoms with E-state index in [1.807, 2.05) is 27.1 Å². The number of hydrogen-bond acceptors (Lipinski definition) is 5. The van der Waals surface area contributed by atoms with Gasteiger partial charge in [0.25, 0.3) is 0 Å². The van der Waals surface area contributed by atoms with Gasteiger partial charge in [-0.05, 0) is 39.6 Å². The van der Waals surface area contributed by atoms with Crippen molar-refractivity contribution in [1.82, 2.24) is 9.88 Å². The summed E-state index contributed by atoms with van der Waals surface area (Å²) in [4.78, 5) is 8.65. The molecule has 2 heterocycles. The molecule has 1 fully saturated rings. The molecule has 2 rings (SSSR count). The number of nitrogens with zero attached hydrogens (tertiary/aromatic N) is 4. The van der Waals surface area contributed by atoms with Gasteiger partial charge in [0.2, 0.25) is 0 Å². The SMILES string of the molecule is Cc1ccc(C#N)c(N2CC(O)CC2CN(C)C)n1. The zero-order valence-corrected chi connectivity index (χ0v) is 11.7. The van der Waals surface area contributed by atoms with Crippen LogP contribution in [0.4, 0.5) is 5.82 Å². The Labute approximate surface area is 114 Å². The Balaban J connectivity index is 2.33. The second kappa shape index (κ2) is 5.55. The molecule has 1 N–H and O–H groups in total. The van der Waals surface area contributed by atoms with Crippen LogP contribution >= 0.6 is 0 Å². The van der Waals surface area contributed by atoms with Crippen molar-refractivity contribution in [3.05, 3.63) is 23.4 Å². The molecule has 0 aromatic carbocycles. The van der Waals surface area contributed by atoms with Crippen LogP contribution < -0.4 is 4.90 Å². The zero-order valence-electron chi connectivity index (χ0n) is 11.7. The molecule has 2 unspecified atom stereocenters. The van der Waals surface area contributed by atoms with E-state index in [9.17, 15) is 10.4 Å². The van der Waals surface area contributed by atoms with Crippen molar-refractivity contribution in [3.8, 4) is 6.07 Å². The maximum atomic E-state index is 9.91. The van der Waals surface area contributed by atoms with Gasteiger partial charge in [-0.1, -0.05) is 0 Å². The molecule has 1 aliphatic heterocycles. The zero-order chi connectivity index (χ0) is 14.0. The van der Waals surface area contributed by atoms with E-state index in [1.165, 1.54) is 0 Å². The van der Waals surface area contributed by atoms with Crippen LogP contribution in [0.15, 0.2) is 12.1 Å². The van der Waals surface area contributed by atoms with Crippen LogP contribution in [0, 0.1) is 18.3 Å².